The molecule has 2 aromatic rings. The predicted molar refractivity (Wildman–Crippen MR) is 69.5 cm³/mol. The maximum Gasteiger partial charge on any atom is 0.251 e. The molecule has 5 nitrogen and oxygen atoms in total. The molecule has 0 saturated carbocycles. The molecule has 2 rings (SSSR count). The van der Waals surface area contributed by atoms with Crippen molar-refractivity contribution in [3.8, 4) is 0 Å². The van der Waals surface area contributed by atoms with Gasteiger partial charge < -0.3 is 9.84 Å². The Morgan fingerprint density at radius 1 is 1.50 bits per heavy atom. The van der Waals surface area contributed by atoms with E-state index in [1.165, 1.54) is 6.39 Å². The highest BCUT2D eigenvalue weighted by Gasteiger charge is 2.07. The molecule has 0 bridgehead atoms. The Balaban J connectivity index is 1.89. The lowest BCUT2D eigenvalue weighted by atomic mass is 10.2. The van der Waals surface area contributed by atoms with Crippen molar-refractivity contribution in [3.05, 3.63) is 45.5 Å². The average molecular weight is 331 g/mol. The zero-order valence-electron chi connectivity index (χ0n) is 9.19. The van der Waals surface area contributed by atoms with Gasteiger partial charge >= 0.3 is 0 Å². The molecule has 1 N–H and O–H groups in total. The van der Waals surface area contributed by atoms with E-state index in [0.717, 1.165) is 0 Å². The fraction of sp³-hybridized carbons (Fsp3) is 0.182. The quantitative estimate of drug-likeness (QED) is 0.935. The van der Waals surface area contributed by atoms with E-state index in [1.807, 2.05) is 0 Å². The van der Waals surface area contributed by atoms with Gasteiger partial charge in [-0.2, -0.15) is 4.98 Å². The van der Waals surface area contributed by atoms with Crippen LogP contribution in [0.2, 0.25) is 5.02 Å². The van der Waals surface area contributed by atoms with Gasteiger partial charge in [0.05, 0.1) is 5.02 Å². The first-order chi connectivity index (χ1) is 8.66. The lowest BCUT2D eigenvalue weighted by Gasteiger charge is -2.04. The Morgan fingerprint density at radius 3 is 3.00 bits per heavy atom. The van der Waals surface area contributed by atoms with Crippen LogP contribution in [0.15, 0.2) is 33.6 Å². The second-order valence-corrected chi connectivity index (χ2v) is 4.74. The highest BCUT2D eigenvalue weighted by Crippen LogP contribution is 2.23. The molecule has 1 amide bonds. The summed E-state index contributed by atoms with van der Waals surface area (Å²) in [6, 6.07) is 5.00. The molecule has 0 aliphatic rings. The summed E-state index contributed by atoms with van der Waals surface area (Å²) in [5, 5.41) is 6.98. The minimum Gasteiger partial charge on any atom is -0.352 e. The Kier molecular flexibility index (Phi) is 4.33. The zero-order chi connectivity index (χ0) is 13.0. The van der Waals surface area contributed by atoms with Crippen molar-refractivity contribution in [2.75, 3.05) is 6.54 Å². The van der Waals surface area contributed by atoms with Gasteiger partial charge in [0.25, 0.3) is 5.91 Å². The van der Waals surface area contributed by atoms with Crippen LogP contribution in [0.3, 0.4) is 0 Å². The molecule has 0 spiro atoms. The molecular formula is C11H9BrClN3O2. The molecule has 0 unspecified atom stereocenters. The minimum absolute atomic E-state index is 0.170. The first-order valence-corrected chi connectivity index (χ1v) is 6.32. The minimum atomic E-state index is -0.170. The monoisotopic (exact) mass is 329 g/mol. The number of carbonyl (C=O) groups excluding carboxylic acids is 1. The molecule has 18 heavy (non-hydrogen) atoms. The fourth-order valence-corrected chi connectivity index (χ4v) is 1.83. The average Bonchev–Trinajstić information content (AvgIpc) is 2.85. The summed E-state index contributed by atoms with van der Waals surface area (Å²) in [6.07, 6.45) is 1.78. The SMILES string of the molecule is O=C(NCCc1ncon1)c1ccc(Cl)c(Br)c1. The Morgan fingerprint density at radius 2 is 2.33 bits per heavy atom. The van der Waals surface area contributed by atoms with Crippen LogP contribution in [0.25, 0.3) is 0 Å². The molecule has 94 valence electrons. The van der Waals surface area contributed by atoms with Gasteiger partial charge in [-0.15, -0.1) is 0 Å². The molecule has 0 saturated heterocycles. The molecule has 0 radical (unpaired) electrons. The number of hydrogen-bond acceptors (Lipinski definition) is 4. The van der Waals surface area contributed by atoms with Crippen molar-refractivity contribution < 1.29 is 9.32 Å². The summed E-state index contributed by atoms with van der Waals surface area (Å²) in [5.74, 6) is 0.392. The van der Waals surface area contributed by atoms with Crippen molar-refractivity contribution in [2.45, 2.75) is 6.42 Å². The van der Waals surface area contributed by atoms with E-state index in [9.17, 15) is 4.79 Å². The van der Waals surface area contributed by atoms with Gasteiger partial charge in [0.1, 0.15) is 0 Å². The maximum absolute atomic E-state index is 11.8. The third kappa shape index (κ3) is 3.30. The standard InChI is InChI=1S/C11H9BrClN3O2/c12-8-5-7(1-2-9(8)13)11(17)14-4-3-10-15-6-18-16-10/h1-2,5-6H,3-4H2,(H,14,17). The van der Waals surface area contributed by atoms with Gasteiger partial charge in [-0.3, -0.25) is 4.79 Å². The lowest BCUT2D eigenvalue weighted by Crippen LogP contribution is -2.25. The number of aromatic nitrogens is 2. The van der Waals surface area contributed by atoms with Crippen LogP contribution in [0.4, 0.5) is 0 Å². The van der Waals surface area contributed by atoms with Gasteiger partial charge in [0.15, 0.2) is 5.82 Å². The summed E-state index contributed by atoms with van der Waals surface area (Å²) >= 11 is 9.12. The molecule has 0 aliphatic carbocycles. The van der Waals surface area contributed by atoms with Crippen LogP contribution in [0.5, 0.6) is 0 Å². The highest BCUT2D eigenvalue weighted by atomic mass is 79.9. The van der Waals surface area contributed by atoms with E-state index < -0.39 is 0 Å². The van der Waals surface area contributed by atoms with Crippen molar-refractivity contribution in [1.82, 2.24) is 15.5 Å². The fourth-order valence-electron chi connectivity index (χ4n) is 1.33. The Hall–Kier alpha value is -1.40. The number of halogens is 2. The van der Waals surface area contributed by atoms with E-state index >= 15 is 0 Å². The largest absolute Gasteiger partial charge is 0.352 e. The molecule has 0 atom stereocenters. The number of nitrogens with one attached hydrogen (secondary N) is 1. The van der Waals surface area contributed by atoms with Crippen LogP contribution < -0.4 is 5.32 Å². The summed E-state index contributed by atoms with van der Waals surface area (Å²) in [5.41, 5.74) is 0.541. The normalized spacial score (nSPS) is 10.3. The van der Waals surface area contributed by atoms with E-state index in [4.69, 9.17) is 11.6 Å². The molecule has 0 aliphatic heterocycles. The predicted octanol–water partition coefficient (Wildman–Crippen LogP) is 2.46. The van der Waals surface area contributed by atoms with Crippen LogP contribution >= 0.6 is 27.5 Å². The third-order valence-corrected chi connectivity index (χ3v) is 3.44. The van der Waals surface area contributed by atoms with Crippen molar-refractivity contribution >= 4 is 33.4 Å². The van der Waals surface area contributed by atoms with E-state index in [-0.39, 0.29) is 5.91 Å². The molecule has 0 fully saturated rings. The third-order valence-electron chi connectivity index (χ3n) is 2.22. The Bertz CT molecular complexity index is 545. The van der Waals surface area contributed by atoms with Crippen molar-refractivity contribution in [1.29, 1.82) is 0 Å². The number of carbonyl (C=O) groups is 1. The topological polar surface area (TPSA) is 68.0 Å². The number of hydrogen-bond donors (Lipinski definition) is 1. The second kappa shape index (κ2) is 5.97. The number of benzene rings is 1. The lowest BCUT2D eigenvalue weighted by molar-refractivity contribution is 0.0954. The number of rotatable bonds is 4. The van der Waals surface area contributed by atoms with Gasteiger partial charge in [-0.25, -0.2) is 0 Å². The molecular weight excluding hydrogens is 321 g/mol. The van der Waals surface area contributed by atoms with E-state index in [2.05, 4.69) is 35.9 Å². The van der Waals surface area contributed by atoms with Crippen LogP contribution in [-0.2, 0) is 6.42 Å². The van der Waals surface area contributed by atoms with Gasteiger partial charge in [0, 0.05) is 23.0 Å². The summed E-state index contributed by atoms with van der Waals surface area (Å²) < 4.78 is 5.28. The molecule has 1 heterocycles. The highest BCUT2D eigenvalue weighted by molar-refractivity contribution is 9.10. The van der Waals surface area contributed by atoms with Crippen molar-refractivity contribution in [2.24, 2.45) is 0 Å². The first kappa shape index (κ1) is 13.0. The first-order valence-electron chi connectivity index (χ1n) is 5.15. The number of nitrogens with zero attached hydrogens (tertiary/aromatic N) is 2. The summed E-state index contributed by atoms with van der Waals surface area (Å²) in [6.45, 7) is 0.443. The van der Waals surface area contributed by atoms with Gasteiger partial charge in [-0.1, -0.05) is 16.8 Å². The van der Waals surface area contributed by atoms with Crippen LogP contribution in [0.1, 0.15) is 16.2 Å². The molecule has 1 aromatic carbocycles. The summed E-state index contributed by atoms with van der Waals surface area (Å²) in [4.78, 5) is 15.7. The van der Waals surface area contributed by atoms with Crippen LogP contribution in [-0.4, -0.2) is 22.6 Å². The second-order valence-electron chi connectivity index (χ2n) is 3.48. The number of amides is 1. The maximum atomic E-state index is 11.8. The van der Waals surface area contributed by atoms with E-state index in [0.29, 0.717) is 33.8 Å². The van der Waals surface area contributed by atoms with Crippen LogP contribution in [0, 0.1) is 0 Å². The molecule has 7 heteroatoms. The smallest absolute Gasteiger partial charge is 0.251 e. The Labute approximate surface area is 117 Å². The zero-order valence-corrected chi connectivity index (χ0v) is 11.5. The van der Waals surface area contributed by atoms with E-state index in [1.54, 1.807) is 18.2 Å². The summed E-state index contributed by atoms with van der Waals surface area (Å²) in [7, 11) is 0. The molecule has 1 aromatic heterocycles. The van der Waals surface area contributed by atoms with Gasteiger partial charge in [0.2, 0.25) is 6.39 Å². The van der Waals surface area contributed by atoms with Gasteiger partial charge in [-0.05, 0) is 34.1 Å². The van der Waals surface area contributed by atoms with Crippen molar-refractivity contribution in [3.63, 3.8) is 0 Å².